The highest BCUT2D eigenvalue weighted by Crippen LogP contribution is 2.31. The third-order valence-corrected chi connectivity index (χ3v) is 9.46. The molecular formula is C29H23N3O3S2. The zero-order valence-electron chi connectivity index (χ0n) is 19.8. The van der Waals surface area contributed by atoms with Crippen LogP contribution >= 0.6 is 11.3 Å². The number of amides is 1. The fraction of sp³-hybridized carbons (Fsp3) is 0.103. The minimum atomic E-state index is -3.66. The number of thiazole rings is 1. The largest absolute Gasteiger partial charge is 0.322 e. The molecule has 0 unspecified atom stereocenters. The second-order valence-corrected chi connectivity index (χ2v) is 11.9. The van der Waals surface area contributed by atoms with Crippen molar-refractivity contribution in [3.05, 3.63) is 114 Å². The zero-order chi connectivity index (χ0) is 25.4. The predicted molar refractivity (Wildman–Crippen MR) is 147 cm³/mol. The van der Waals surface area contributed by atoms with E-state index in [1.165, 1.54) is 22.0 Å². The van der Waals surface area contributed by atoms with Gasteiger partial charge >= 0.3 is 0 Å². The molecule has 4 aromatic carbocycles. The highest BCUT2D eigenvalue weighted by atomic mass is 32.2. The number of carbonyl (C=O) groups is 1. The van der Waals surface area contributed by atoms with Crippen LogP contribution in [-0.4, -0.2) is 30.2 Å². The Morgan fingerprint density at radius 1 is 0.865 bits per heavy atom. The standard InChI is InChI=1S/C29H23N3O3S2/c33-28(30-24-9-5-8-22(18-24)29-31-26-10-3-4-11-27(26)36-29)21-12-14-25(15-13-21)37(34,35)32-17-16-20-6-1-2-7-23(20)19-32/h1-15,18H,16-17,19H2,(H,30,33). The first kappa shape index (κ1) is 23.5. The van der Waals surface area contributed by atoms with Crippen LogP contribution in [0.2, 0.25) is 0 Å². The number of anilines is 1. The summed E-state index contributed by atoms with van der Waals surface area (Å²) in [7, 11) is -3.66. The first-order chi connectivity index (χ1) is 18.0. The van der Waals surface area contributed by atoms with Crippen LogP contribution in [0.5, 0.6) is 0 Å². The van der Waals surface area contributed by atoms with Gasteiger partial charge in [0.05, 0.1) is 15.1 Å². The molecule has 0 aliphatic carbocycles. The summed E-state index contributed by atoms with van der Waals surface area (Å²) in [6.07, 6.45) is 0.686. The van der Waals surface area contributed by atoms with Crippen molar-refractivity contribution in [1.82, 2.24) is 9.29 Å². The zero-order valence-corrected chi connectivity index (χ0v) is 21.4. The van der Waals surface area contributed by atoms with E-state index < -0.39 is 10.0 Å². The van der Waals surface area contributed by atoms with Crippen LogP contribution in [0.3, 0.4) is 0 Å². The fourth-order valence-corrected chi connectivity index (χ4v) is 6.91. The van der Waals surface area contributed by atoms with E-state index in [9.17, 15) is 13.2 Å². The minimum Gasteiger partial charge on any atom is -0.322 e. The fourth-order valence-electron chi connectivity index (χ4n) is 4.53. The molecular weight excluding hydrogens is 502 g/mol. The van der Waals surface area contributed by atoms with Gasteiger partial charge in [-0.3, -0.25) is 4.79 Å². The molecule has 2 heterocycles. The molecule has 0 saturated heterocycles. The molecule has 0 spiro atoms. The van der Waals surface area contributed by atoms with Crippen LogP contribution in [0, 0.1) is 0 Å². The Morgan fingerprint density at radius 3 is 2.43 bits per heavy atom. The molecule has 1 aliphatic heterocycles. The third kappa shape index (κ3) is 4.67. The number of rotatable bonds is 5. The number of nitrogens with zero attached hydrogens (tertiary/aromatic N) is 2. The highest BCUT2D eigenvalue weighted by molar-refractivity contribution is 7.89. The number of hydrogen-bond donors (Lipinski definition) is 1. The summed E-state index contributed by atoms with van der Waals surface area (Å²) < 4.78 is 29.1. The summed E-state index contributed by atoms with van der Waals surface area (Å²) in [5, 5.41) is 3.79. The second kappa shape index (κ2) is 9.55. The van der Waals surface area contributed by atoms with Gasteiger partial charge in [-0.15, -0.1) is 11.3 Å². The van der Waals surface area contributed by atoms with Gasteiger partial charge in [-0.05, 0) is 66.1 Å². The first-order valence-corrected chi connectivity index (χ1v) is 14.2. The first-order valence-electron chi connectivity index (χ1n) is 11.9. The number of carbonyl (C=O) groups excluding carboxylic acids is 1. The molecule has 0 saturated carbocycles. The van der Waals surface area contributed by atoms with Gasteiger partial charge in [0, 0.05) is 29.9 Å². The Bertz CT molecular complexity index is 1690. The van der Waals surface area contributed by atoms with Crippen LogP contribution in [0.4, 0.5) is 5.69 Å². The van der Waals surface area contributed by atoms with Crippen molar-refractivity contribution < 1.29 is 13.2 Å². The van der Waals surface area contributed by atoms with Crippen LogP contribution in [0.15, 0.2) is 102 Å². The maximum absolute atomic E-state index is 13.2. The lowest BCUT2D eigenvalue weighted by Gasteiger charge is -2.28. The van der Waals surface area contributed by atoms with E-state index in [2.05, 4.69) is 5.32 Å². The number of sulfonamides is 1. The summed E-state index contributed by atoms with van der Waals surface area (Å²) in [6, 6.07) is 29.6. The number of fused-ring (bicyclic) bond motifs is 2. The van der Waals surface area contributed by atoms with Gasteiger partial charge in [-0.1, -0.05) is 48.5 Å². The van der Waals surface area contributed by atoms with Crippen molar-refractivity contribution in [1.29, 1.82) is 0 Å². The molecule has 0 radical (unpaired) electrons. The predicted octanol–water partition coefficient (Wildman–Crippen LogP) is 5.96. The maximum Gasteiger partial charge on any atom is 0.255 e. The van der Waals surface area contributed by atoms with E-state index in [0.29, 0.717) is 30.8 Å². The van der Waals surface area contributed by atoms with E-state index in [-0.39, 0.29) is 10.8 Å². The quantitative estimate of drug-likeness (QED) is 0.307. The Morgan fingerprint density at radius 2 is 1.62 bits per heavy atom. The molecule has 0 fully saturated rings. The van der Waals surface area contributed by atoms with E-state index in [1.54, 1.807) is 23.5 Å². The average Bonchev–Trinajstić information content (AvgIpc) is 3.37. The van der Waals surface area contributed by atoms with Crippen LogP contribution < -0.4 is 5.32 Å². The van der Waals surface area contributed by atoms with Gasteiger partial charge in [0.2, 0.25) is 10.0 Å². The van der Waals surface area contributed by atoms with Crippen LogP contribution in [0.1, 0.15) is 21.5 Å². The SMILES string of the molecule is O=C(Nc1cccc(-c2nc3ccccc3s2)c1)c1ccc(S(=O)(=O)N2CCc3ccccc3C2)cc1. The highest BCUT2D eigenvalue weighted by Gasteiger charge is 2.28. The van der Waals surface area contributed by atoms with E-state index in [1.807, 2.05) is 72.8 Å². The van der Waals surface area contributed by atoms with Crippen molar-refractivity contribution in [3.8, 4) is 10.6 Å². The molecule has 1 N–H and O–H groups in total. The van der Waals surface area contributed by atoms with Crippen LogP contribution in [0.25, 0.3) is 20.8 Å². The second-order valence-electron chi connectivity index (χ2n) is 8.90. The van der Waals surface area contributed by atoms with Crippen molar-refractivity contribution in [2.45, 2.75) is 17.9 Å². The lowest BCUT2D eigenvalue weighted by atomic mass is 10.0. The molecule has 1 amide bonds. The lowest BCUT2D eigenvalue weighted by molar-refractivity contribution is 0.102. The Labute approximate surface area is 219 Å². The van der Waals surface area contributed by atoms with E-state index in [0.717, 1.165) is 26.4 Å². The molecule has 1 aliphatic rings. The minimum absolute atomic E-state index is 0.182. The molecule has 0 bridgehead atoms. The maximum atomic E-state index is 13.2. The van der Waals surface area contributed by atoms with Crippen LogP contribution in [-0.2, 0) is 23.0 Å². The topological polar surface area (TPSA) is 79.4 Å². The summed E-state index contributed by atoms with van der Waals surface area (Å²) >= 11 is 1.60. The van der Waals surface area contributed by atoms with Gasteiger partial charge in [0.25, 0.3) is 5.91 Å². The average molecular weight is 526 g/mol. The summed E-state index contributed by atoms with van der Waals surface area (Å²) in [5.74, 6) is -0.308. The van der Waals surface area contributed by atoms with Crippen molar-refractivity contribution in [2.75, 3.05) is 11.9 Å². The molecule has 37 heavy (non-hydrogen) atoms. The van der Waals surface area contributed by atoms with E-state index in [4.69, 9.17) is 4.98 Å². The number of aromatic nitrogens is 1. The Balaban J connectivity index is 1.17. The molecule has 5 aromatic rings. The summed E-state index contributed by atoms with van der Waals surface area (Å²) in [4.78, 5) is 17.8. The molecule has 1 aromatic heterocycles. The monoisotopic (exact) mass is 525 g/mol. The Hall–Kier alpha value is -3.85. The summed E-state index contributed by atoms with van der Waals surface area (Å²) in [6.45, 7) is 0.790. The number of nitrogens with one attached hydrogen (secondary N) is 1. The van der Waals surface area contributed by atoms with Gasteiger partial charge in [-0.2, -0.15) is 4.31 Å². The van der Waals surface area contributed by atoms with Crippen molar-refractivity contribution in [3.63, 3.8) is 0 Å². The molecule has 6 rings (SSSR count). The van der Waals surface area contributed by atoms with Gasteiger partial charge < -0.3 is 5.32 Å². The summed E-state index contributed by atoms with van der Waals surface area (Å²) in [5.41, 5.74) is 5.11. The molecule has 6 nitrogen and oxygen atoms in total. The van der Waals surface area contributed by atoms with E-state index >= 15 is 0 Å². The normalized spacial score (nSPS) is 13.8. The third-order valence-electron chi connectivity index (χ3n) is 6.51. The number of para-hydroxylation sites is 1. The van der Waals surface area contributed by atoms with Crippen molar-refractivity contribution in [2.24, 2.45) is 0 Å². The molecule has 184 valence electrons. The lowest BCUT2D eigenvalue weighted by Crippen LogP contribution is -2.35. The smallest absolute Gasteiger partial charge is 0.255 e. The number of benzene rings is 4. The van der Waals surface area contributed by atoms with Gasteiger partial charge in [-0.25, -0.2) is 13.4 Å². The molecule has 0 atom stereocenters. The van der Waals surface area contributed by atoms with Crippen molar-refractivity contribution >= 4 is 43.2 Å². The number of hydrogen-bond acceptors (Lipinski definition) is 5. The van der Waals surface area contributed by atoms with Gasteiger partial charge in [0.1, 0.15) is 5.01 Å². The Kier molecular flexibility index (Phi) is 6.08. The van der Waals surface area contributed by atoms with Gasteiger partial charge in [0.15, 0.2) is 0 Å². The molecule has 8 heteroatoms.